The predicted molar refractivity (Wildman–Crippen MR) is 114 cm³/mol. The average molecular weight is 462 g/mol. The van der Waals surface area contributed by atoms with Gasteiger partial charge in [-0.2, -0.15) is 13.2 Å². The lowest BCUT2D eigenvalue weighted by Crippen LogP contribution is -2.34. The maximum Gasteiger partial charge on any atom is 0.416 e. The van der Waals surface area contributed by atoms with Gasteiger partial charge in [0.1, 0.15) is 19.0 Å². The number of ether oxygens (including phenoxy) is 2. The molecule has 0 fully saturated rings. The zero-order chi connectivity index (χ0) is 23.6. The van der Waals surface area contributed by atoms with Crippen molar-refractivity contribution in [2.45, 2.75) is 19.6 Å². The standard InChI is InChI=1S/C22H21F3N4O4/c1-2-29(12-20(30)26-14-4-6-17-18(10-14)33-8-7-32-17)11-19-27-16-9-13(22(23,24)25)3-5-15(16)21(31)28-19/h3-6,9-10H,2,7-8,11-12H2,1H3,(H,26,30)(H,27,28,31). The third-order valence-corrected chi connectivity index (χ3v) is 5.10. The van der Waals surface area contributed by atoms with Crippen LogP contribution in [0.3, 0.4) is 0 Å². The molecule has 0 saturated heterocycles. The lowest BCUT2D eigenvalue weighted by molar-refractivity contribution is -0.137. The number of nitrogens with one attached hydrogen (secondary N) is 2. The number of anilines is 1. The number of aromatic amines is 1. The highest BCUT2D eigenvalue weighted by Crippen LogP contribution is 2.32. The summed E-state index contributed by atoms with van der Waals surface area (Å²) in [7, 11) is 0. The Morgan fingerprint density at radius 1 is 1.15 bits per heavy atom. The first-order chi connectivity index (χ1) is 15.7. The van der Waals surface area contributed by atoms with Gasteiger partial charge < -0.3 is 19.8 Å². The number of H-pyrrole nitrogens is 1. The second-order valence-electron chi connectivity index (χ2n) is 7.45. The summed E-state index contributed by atoms with van der Waals surface area (Å²) in [5.41, 5.74) is -0.941. The van der Waals surface area contributed by atoms with Crippen molar-refractivity contribution in [1.29, 1.82) is 0 Å². The summed E-state index contributed by atoms with van der Waals surface area (Å²) in [6.07, 6.45) is -4.54. The molecule has 3 aromatic rings. The number of aromatic nitrogens is 2. The van der Waals surface area contributed by atoms with Crippen molar-refractivity contribution in [3.63, 3.8) is 0 Å². The molecule has 0 radical (unpaired) electrons. The van der Waals surface area contributed by atoms with Gasteiger partial charge in [0.2, 0.25) is 5.91 Å². The van der Waals surface area contributed by atoms with E-state index in [1.165, 1.54) is 0 Å². The Hall–Kier alpha value is -3.60. The summed E-state index contributed by atoms with van der Waals surface area (Å²) in [6, 6.07) is 7.87. The van der Waals surface area contributed by atoms with Crippen LogP contribution in [0.15, 0.2) is 41.2 Å². The largest absolute Gasteiger partial charge is 0.486 e. The van der Waals surface area contributed by atoms with E-state index in [9.17, 15) is 22.8 Å². The lowest BCUT2D eigenvalue weighted by Gasteiger charge is -2.21. The molecule has 0 unspecified atom stereocenters. The molecule has 11 heteroatoms. The smallest absolute Gasteiger partial charge is 0.416 e. The van der Waals surface area contributed by atoms with E-state index in [1.807, 2.05) is 6.92 Å². The monoisotopic (exact) mass is 462 g/mol. The quantitative estimate of drug-likeness (QED) is 0.584. The van der Waals surface area contributed by atoms with Gasteiger partial charge in [0, 0.05) is 11.8 Å². The number of alkyl halides is 3. The van der Waals surface area contributed by atoms with E-state index in [1.54, 1.807) is 23.1 Å². The van der Waals surface area contributed by atoms with Gasteiger partial charge in [0.15, 0.2) is 11.5 Å². The van der Waals surface area contributed by atoms with Crippen molar-refractivity contribution in [2.75, 3.05) is 31.6 Å². The fourth-order valence-electron chi connectivity index (χ4n) is 3.46. The molecular formula is C22H21F3N4O4. The van der Waals surface area contributed by atoms with Crippen LogP contribution < -0.4 is 20.3 Å². The highest BCUT2D eigenvalue weighted by atomic mass is 19.4. The molecule has 4 rings (SSSR count). The minimum atomic E-state index is -4.54. The Bertz CT molecular complexity index is 1240. The number of carbonyl (C=O) groups excluding carboxylic acids is 1. The molecule has 0 saturated carbocycles. The minimum absolute atomic E-state index is 0.0186. The van der Waals surface area contributed by atoms with Gasteiger partial charge in [-0.3, -0.25) is 14.5 Å². The van der Waals surface area contributed by atoms with E-state index in [2.05, 4.69) is 15.3 Å². The summed E-state index contributed by atoms with van der Waals surface area (Å²) < 4.78 is 50.0. The van der Waals surface area contributed by atoms with Crippen LogP contribution in [0.1, 0.15) is 18.3 Å². The number of amides is 1. The first kappa shape index (κ1) is 22.6. The Morgan fingerprint density at radius 3 is 2.64 bits per heavy atom. The van der Waals surface area contributed by atoms with E-state index in [4.69, 9.17) is 9.47 Å². The molecule has 2 aromatic carbocycles. The molecule has 1 aromatic heterocycles. The zero-order valence-electron chi connectivity index (χ0n) is 17.7. The van der Waals surface area contributed by atoms with Gasteiger partial charge in [-0.15, -0.1) is 0 Å². The molecule has 1 amide bonds. The van der Waals surface area contributed by atoms with E-state index in [0.717, 1.165) is 18.2 Å². The van der Waals surface area contributed by atoms with E-state index in [-0.39, 0.29) is 35.7 Å². The number of halogens is 3. The van der Waals surface area contributed by atoms with Crippen molar-refractivity contribution in [1.82, 2.24) is 14.9 Å². The fraction of sp³-hybridized carbons (Fsp3) is 0.318. The fourth-order valence-corrected chi connectivity index (χ4v) is 3.46. The van der Waals surface area contributed by atoms with Crippen LogP contribution in [-0.2, 0) is 17.5 Å². The molecule has 1 aliphatic heterocycles. The van der Waals surface area contributed by atoms with Crippen LogP contribution in [0, 0.1) is 0 Å². The van der Waals surface area contributed by atoms with E-state index in [0.29, 0.717) is 36.9 Å². The Labute approximate surface area is 186 Å². The van der Waals surface area contributed by atoms with E-state index >= 15 is 0 Å². The molecule has 0 bridgehead atoms. The SMILES string of the molecule is CCN(CC(=O)Nc1ccc2c(c1)OCCO2)Cc1nc2cc(C(F)(F)F)ccc2c(=O)[nH]1. The summed E-state index contributed by atoms with van der Waals surface area (Å²) in [5, 5.41) is 2.84. The normalized spacial score (nSPS) is 13.4. The molecule has 8 nitrogen and oxygen atoms in total. The third kappa shape index (κ3) is 5.25. The summed E-state index contributed by atoms with van der Waals surface area (Å²) in [4.78, 5) is 33.3. The Morgan fingerprint density at radius 2 is 1.91 bits per heavy atom. The minimum Gasteiger partial charge on any atom is -0.486 e. The van der Waals surface area contributed by atoms with Crippen molar-refractivity contribution >= 4 is 22.5 Å². The number of hydrogen-bond acceptors (Lipinski definition) is 6. The maximum atomic E-state index is 13.0. The van der Waals surface area contributed by atoms with Gasteiger partial charge in [-0.25, -0.2) is 4.98 Å². The number of rotatable bonds is 6. The summed E-state index contributed by atoms with van der Waals surface area (Å²) in [5.74, 6) is 1.01. The van der Waals surface area contributed by atoms with Crippen molar-refractivity contribution in [2.24, 2.45) is 0 Å². The van der Waals surface area contributed by atoms with Crippen LogP contribution >= 0.6 is 0 Å². The van der Waals surface area contributed by atoms with Gasteiger partial charge in [-0.1, -0.05) is 6.92 Å². The van der Waals surface area contributed by atoms with Gasteiger partial charge in [0.25, 0.3) is 5.56 Å². The van der Waals surface area contributed by atoms with Crippen LogP contribution in [0.25, 0.3) is 10.9 Å². The Balaban J connectivity index is 1.47. The first-order valence-electron chi connectivity index (χ1n) is 10.2. The molecular weight excluding hydrogens is 441 g/mol. The van der Waals surface area contributed by atoms with Crippen LogP contribution in [-0.4, -0.2) is 47.1 Å². The molecule has 174 valence electrons. The van der Waals surface area contributed by atoms with Crippen LogP contribution in [0.5, 0.6) is 11.5 Å². The third-order valence-electron chi connectivity index (χ3n) is 5.10. The molecule has 0 atom stereocenters. The van der Waals surface area contributed by atoms with Gasteiger partial charge >= 0.3 is 6.18 Å². The second kappa shape index (κ2) is 9.10. The molecule has 2 heterocycles. The van der Waals surface area contributed by atoms with Gasteiger partial charge in [-0.05, 0) is 36.9 Å². The number of likely N-dealkylation sites (N-methyl/N-ethyl adjacent to an activating group) is 1. The molecule has 1 aliphatic rings. The number of fused-ring (bicyclic) bond motifs is 2. The average Bonchev–Trinajstić information content (AvgIpc) is 2.77. The highest BCUT2D eigenvalue weighted by molar-refractivity contribution is 5.92. The first-order valence-corrected chi connectivity index (χ1v) is 10.2. The lowest BCUT2D eigenvalue weighted by atomic mass is 10.1. The molecule has 2 N–H and O–H groups in total. The Kier molecular flexibility index (Phi) is 6.23. The molecule has 0 spiro atoms. The number of nitrogens with zero attached hydrogens (tertiary/aromatic N) is 2. The zero-order valence-corrected chi connectivity index (χ0v) is 17.7. The molecule has 0 aliphatic carbocycles. The van der Waals surface area contributed by atoms with E-state index < -0.39 is 17.3 Å². The number of hydrogen-bond donors (Lipinski definition) is 2. The second-order valence-corrected chi connectivity index (χ2v) is 7.45. The van der Waals surface area contributed by atoms with Gasteiger partial charge in [0.05, 0.1) is 29.6 Å². The number of benzene rings is 2. The molecule has 33 heavy (non-hydrogen) atoms. The van der Waals surface area contributed by atoms with Crippen molar-refractivity contribution in [3.05, 3.63) is 58.1 Å². The van der Waals surface area contributed by atoms with Crippen molar-refractivity contribution in [3.8, 4) is 11.5 Å². The topological polar surface area (TPSA) is 96.6 Å². The van der Waals surface area contributed by atoms with Crippen molar-refractivity contribution < 1.29 is 27.4 Å². The summed E-state index contributed by atoms with van der Waals surface area (Å²) >= 11 is 0. The number of carbonyl (C=O) groups is 1. The van der Waals surface area contributed by atoms with Crippen LogP contribution in [0.2, 0.25) is 0 Å². The summed E-state index contributed by atoms with van der Waals surface area (Å²) in [6.45, 7) is 3.21. The predicted octanol–water partition coefficient (Wildman–Crippen LogP) is 3.17. The maximum absolute atomic E-state index is 13.0. The van der Waals surface area contributed by atoms with Crippen LogP contribution in [0.4, 0.5) is 18.9 Å². The highest BCUT2D eigenvalue weighted by Gasteiger charge is 2.30.